The van der Waals surface area contributed by atoms with E-state index in [1.54, 1.807) is 4.90 Å². The molecule has 1 N–H and O–H groups in total. The highest BCUT2D eigenvalue weighted by atomic mass is 19.1. The SMILES string of the molecule is CC(C)(C)OC(=O)N1CCN(C[C@@H](O)COc2ccc(F)cc2)CC1. The van der Waals surface area contributed by atoms with Crippen LogP contribution in [0.1, 0.15) is 20.8 Å². The number of β-amino-alcohol motifs (C(OH)–C–C–N with tert-alkyl or cyclic N) is 1. The van der Waals surface area contributed by atoms with Gasteiger partial charge in [0.25, 0.3) is 0 Å². The van der Waals surface area contributed by atoms with Gasteiger partial charge in [0.2, 0.25) is 0 Å². The molecule has 1 heterocycles. The zero-order chi connectivity index (χ0) is 18.4. The van der Waals surface area contributed by atoms with Gasteiger partial charge in [-0.05, 0) is 45.0 Å². The Balaban J connectivity index is 1.68. The molecule has 0 spiro atoms. The van der Waals surface area contributed by atoms with Crippen LogP contribution < -0.4 is 4.74 Å². The van der Waals surface area contributed by atoms with Crippen LogP contribution in [0.5, 0.6) is 5.75 Å². The summed E-state index contributed by atoms with van der Waals surface area (Å²) in [6.07, 6.45) is -0.953. The number of carbonyl (C=O) groups is 1. The van der Waals surface area contributed by atoms with Crippen LogP contribution in [0.2, 0.25) is 0 Å². The first-order valence-electron chi connectivity index (χ1n) is 8.49. The lowest BCUT2D eigenvalue weighted by Crippen LogP contribution is -2.51. The first-order chi connectivity index (χ1) is 11.7. The monoisotopic (exact) mass is 354 g/mol. The van der Waals surface area contributed by atoms with Gasteiger partial charge >= 0.3 is 6.09 Å². The quantitative estimate of drug-likeness (QED) is 0.878. The summed E-state index contributed by atoms with van der Waals surface area (Å²) in [6.45, 7) is 8.62. The maximum Gasteiger partial charge on any atom is 0.410 e. The number of aliphatic hydroxyl groups is 1. The van der Waals surface area contributed by atoms with E-state index in [1.807, 2.05) is 20.8 Å². The molecule has 1 fully saturated rings. The average Bonchev–Trinajstić information content (AvgIpc) is 2.53. The van der Waals surface area contributed by atoms with E-state index >= 15 is 0 Å². The van der Waals surface area contributed by atoms with Crippen LogP contribution in [0.25, 0.3) is 0 Å². The molecule has 0 bridgehead atoms. The molecule has 1 aromatic carbocycles. The minimum atomic E-state index is -0.655. The molecular weight excluding hydrogens is 327 g/mol. The fraction of sp³-hybridized carbons (Fsp3) is 0.611. The van der Waals surface area contributed by atoms with Crippen LogP contribution >= 0.6 is 0 Å². The Morgan fingerprint density at radius 3 is 2.36 bits per heavy atom. The number of piperazine rings is 1. The molecule has 1 aliphatic rings. The molecule has 7 heteroatoms. The van der Waals surface area contributed by atoms with Crippen LogP contribution in [0.3, 0.4) is 0 Å². The third-order valence-electron chi connectivity index (χ3n) is 3.75. The van der Waals surface area contributed by atoms with Crippen molar-refractivity contribution in [2.75, 3.05) is 39.3 Å². The van der Waals surface area contributed by atoms with Crippen LogP contribution in [0.4, 0.5) is 9.18 Å². The van der Waals surface area contributed by atoms with E-state index < -0.39 is 11.7 Å². The summed E-state index contributed by atoms with van der Waals surface area (Å²) < 4.78 is 23.6. The van der Waals surface area contributed by atoms with Crippen molar-refractivity contribution in [1.82, 2.24) is 9.80 Å². The highest BCUT2D eigenvalue weighted by Crippen LogP contribution is 2.13. The fourth-order valence-corrected chi connectivity index (χ4v) is 2.51. The first kappa shape index (κ1) is 19.5. The first-order valence-corrected chi connectivity index (χ1v) is 8.49. The third kappa shape index (κ3) is 6.88. The van der Waals surface area contributed by atoms with Crippen molar-refractivity contribution in [1.29, 1.82) is 0 Å². The topological polar surface area (TPSA) is 62.2 Å². The zero-order valence-electron chi connectivity index (χ0n) is 15.1. The number of aliphatic hydroxyl groups excluding tert-OH is 1. The van der Waals surface area contributed by atoms with Crippen LogP contribution in [-0.2, 0) is 4.74 Å². The predicted molar refractivity (Wildman–Crippen MR) is 92.1 cm³/mol. The molecule has 1 atom stereocenters. The lowest BCUT2D eigenvalue weighted by molar-refractivity contribution is 0.00713. The lowest BCUT2D eigenvalue weighted by Gasteiger charge is -2.36. The summed E-state index contributed by atoms with van der Waals surface area (Å²) in [5, 5.41) is 10.1. The van der Waals surface area contributed by atoms with Gasteiger partial charge < -0.3 is 19.5 Å². The Morgan fingerprint density at radius 2 is 1.80 bits per heavy atom. The van der Waals surface area contributed by atoms with Crippen molar-refractivity contribution in [3.63, 3.8) is 0 Å². The van der Waals surface area contributed by atoms with E-state index in [0.29, 0.717) is 38.5 Å². The second kappa shape index (κ2) is 8.49. The van der Waals surface area contributed by atoms with Gasteiger partial charge in [-0.15, -0.1) is 0 Å². The van der Waals surface area contributed by atoms with E-state index in [9.17, 15) is 14.3 Å². The van der Waals surface area contributed by atoms with Crippen molar-refractivity contribution in [3.05, 3.63) is 30.1 Å². The number of rotatable bonds is 5. The molecule has 140 valence electrons. The van der Waals surface area contributed by atoms with E-state index in [0.717, 1.165) is 0 Å². The highest BCUT2D eigenvalue weighted by Gasteiger charge is 2.26. The fourth-order valence-electron chi connectivity index (χ4n) is 2.51. The number of hydrogen-bond acceptors (Lipinski definition) is 5. The van der Waals surface area contributed by atoms with E-state index in [2.05, 4.69) is 4.90 Å². The van der Waals surface area contributed by atoms with Crippen molar-refractivity contribution in [3.8, 4) is 5.75 Å². The standard InChI is InChI=1S/C18H27FN2O4/c1-18(2,3)25-17(23)21-10-8-20(9-11-21)12-15(22)13-24-16-6-4-14(19)5-7-16/h4-7,15,22H,8-13H2,1-3H3/t15-/m1/s1. The smallest absolute Gasteiger partial charge is 0.410 e. The molecule has 25 heavy (non-hydrogen) atoms. The molecule has 0 saturated carbocycles. The third-order valence-corrected chi connectivity index (χ3v) is 3.75. The Morgan fingerprint density at radius 1 is 1.20 bits per heavy atom. The van der Waals surface area contributed by atoms with Crippen molar-refractivity contribution < 1.29 is 23.8 Å². The van der Waals surface area contributed by atoms with Crippen molar-refractivity contribution in [2.24, 2.45) is 0 Å². The normalized spacial score (nSPS) is 17.2. The minimum Gasteiger partial charge on any atom is -0.491 e. The summed E-state index contributed by atoms with van der Waals surface area (Å²) in [5.74, 6) is 0.200. The summed E-state index contributed by atoms with van der Waals surface area (Å²) in [7, 11) is 0. The number of benzene rings is 1. The van der Waals surface area contributed by atoms with Gasteiger partial charge in [0.05, 0.1) is 0 Å². The zero-order valence-corrected chi connectivity index (χ0v) is 15.1. The molecule has 2 rings (SSSR count). The number of carbonyl (C=O) groups excluding carboxylic acids is 1. The number of amides is 1. The van der Waals surface area contributed by atoms with Crippen molar-refractivity contribution >= 4 is 6.09 Å². The van der Waals surface area contributed by atoms with Crippen LogP contribution in [0, 0.1) is 5.82 Å². The second-order valence-electron chi connectivity index (χ2n) is 7.19. The molecule has 0 unspecified atom stereocenters. The molecule has 6 nitrogen and oxygen atoms in total. The average molecular weight is 354 g/mol. The van der Waals surface area contributed by atoms with E-state index in [4.69, 9.17) is 9.47 Å². The number of nitrogens with zero attached hydrogens (tertiary/aromatic N) is 2. The molecule has 1 amide bonds. The molecule has 0 radical (unpaired) electrons. The van der Waals surface area contributed by atoms with Gasteiger partial charge in [0.15, 0.2) is 0 Å². The van der Waals surface area contributed by atoms with Crippen LogP contribution in [-0.4, -0.2) is 72.0 Å². The second-order valence-corrected chi connectivity index (χ2v) is 7.19. The predicted octanol–water partition coefficient (Wildman–Crippen LogP) is 2.12. The number of halogens is 1. The molecular formula is C18H27FN2O4. The molecule has 0 aliphatic carbocycles. The largest absolute Gasteiger partial charge is 0.491 e. The molecule has 1 aromatic rings. The van der Waals surface area contributed by atoms with E-state index in [-0.39, 0.29) is 18.5 Å². The van der Waals surface area contributed by atoms with Gasteiger partial charge in [-0.25, -0.2) is 9.18 Å². The Bertz CT molecular complexity index is 551. The molecule has 0 aromatic heterocycles. The Hall–Kier alpha value is -1.86. The van der Waals surface area contributed by atoms with Gasteiger partial charge in [0, 0.05) is 32.7 Å². The van der Waals surface area contributed by atoms with Crippen molar-refractivity contribution in [2.45, 2.75) is 32.5 Å². The van der Waals surface area contributed by atoms with Gasteiger partial charge in [0.1, 0.15) is 29.9 Å². The Labute approximate surface area is 148 Å². The van der Waals surface area contributed by atoms with Gasteiger partial charge in [-0.3, -0.25) is 4.90 Å². The molecule has 1 aliphatic heterocycles. The van der Waals surface area contributed by atoms with Gasteiger partial charge in [-0.1, -0.05) is 0 Å². The maximum atomic E-state index is 12.8. The summed E-state index contributed by atoms with van der Waals surface area (Å²) in [6, 6.07) is 5.69. The lowest BCUT2D eigenvalue weighted by atomic mass is 10.2. The summed E-state index contributed by atoms with van der Waals surface area (Å²) in [5.41, 5.74) is -0.498. The highest BCUT2D eigenvalue weighted by molar-refractivity contribution is 5.68. The van der Waals surface area contributed by atoms with E-state index in [1.165, 1.54) is 24.3 Å². The summed E-state index contributed by atoms with van der Waals surface area (Å²) in [4.78, 5) is 15.8. The minimum absolute atomic E-state index is 0.137. The van der Waals surface area contributed by atoms with Gasteiger partial charge in [-0.2, -0.15) is 0 Å². The maximum absolute atomic E-state index is 12.8. The molecule has 1 saturated heterocycles. The number of ether oxygens (including phenoxy) is 2. The van der Waals surface area contributed by atoms with Crippen LogP contribution in [0.15, 0.2) is 24.3 Å². The number of hydrogen-bond donors (Lipinski definition) is 1. The summed E-state index contributed by atoms with van der Waals surface area (Å²) >= 11 is 0. The Kier molecular flexibility index (Phi) is 6.61.